The molecule has 14 heavy (non-hydrogen) atoms. The molecule has 0 heterocycles. The number of hydrogen-bond acceptors (Lipinski definition) is 2. The van der Waals surface area contributed by atoms with Gasteiger partial charge in [-0.2, -0.15) is 0 Å². The largest absolute Gasteiger partial charge is 0.397 e. The first-order valence-corrected chi connectivity index (χ1v) is 4.86. The van der Waals surface area contributed by atoms with Gasteiger partial charge in [-0.3, -0.25) is 0 Å². The highest BCUT2D eigenvalue weighted by Gasteiger charge is 2.00. The molecular weight excluding hydrogens is 198 g/mol. The molecule has 76 valence electrons. The number of anilines is 1. The normalized spacial score (nSPS) is 11.1. The summed E-state index contributed by atoms with van der Waals surface area (Å²) in [6, 6.07) is 3.78. The second-order valence-electron chi connectivity index (χ2n) is 3.15. The van der Waals surface area contributed by atoms with Crippen molar-refractivity contribution < 1.29 is 5.11 Å². The number of hydrogen-bond donors (Lipinski definition) is 2. The van der Waals surface area contributed by atoms with E-state index in [4.69, 9.17) is 22.4 Å². The van der Waals surface area contributed by atoms with E-state index >= 15 is 0 Å². The number of nitrogens with two attached hydrogens (primary N) is 1. The number of aliphatic hydroxyl groups is 1. The Labute approximate surface area is 89.0 Å². The standard InChI is InChI=1S/C11H14ClNO/c1-8-6-9(4-2-3-5-14)7-10(12)11(8)13/h2,4,6-7,14H,3,5,13H2,1H3. The van der Waals surface area contributed by atoms with Crippen LogP contribution in [-0.4, -0.2) is 11.7 Å². The first-order chi connectivity index (χ1) is 6.65. The molecule has 0 aliphatic rings. The molecule has 0 aliphatic carbocycles. The molecular formula is C11H14ClNO. The van der Waals surface area contributed by atoms with Crippen molar-refractivity contribution in [2.75, 3.05) is 12.3 Å². The van der Waals surface area contributed by atoms with Gasteiger partial charge in [-0.1, -0.05) is 23.8 Å². The molecule has 0 aromatic heterocycles. The first-order valence-electron chi connectivity index (χ1n) is 4.48. The molecule has 0 saturated carbocycles. The minimum atomic E-state index is 0.165. The van der Waals surface area contributed by atoms with Crippen LogP contribution in [0.3, 0.4) is 0 Å². The van der Waals surface area contributed by atoms with Gasteiger partial charge < -0.3 is 10.8 Å². The van der Waals surface area contributed by atoms with Crippen molar-refractivity contribution in [3.8, 4) is 0 Å². The number of benzene rings is 1. The summed E-state index contributed by atoms with van der Waals surface area (Å²) in [7, 11) is 0. The summed E-state index contributed by atoms with van der Waals surface area (Å²) in [6.07, 6.45) is 4.48. The Bertz CT molecular complexity index is 324. The zero-order valence-electron chi connectivity index (χ0n) is 8.13. The Morgan fingerprint density at radius 3 is 2.79 bits per heavy atom. The fourth-order valence-electron chi connectivity index (χ4n) is 1.17. The lowest BCUT2D eigenvalue weighted by Gasteiger charge is -2.04. The molecule has 0 fully saturated rings. The molecule has 0 saturated heterocycles. The summed E-state index contributed by atoms with van der Waals surface area (Å²) >= 11 is 5.92. The van der Waals surface area contributed by atoms with E-state index in [1.54, 1.807) is 0 Å². The summed E-state index contributed by atoms with van der Waals surface area (Å²) < 4.78 is 0. The highest BCUT2D eigenvalue weighted by atomic mass is 35.5. The van der Waals surface area contributed by atoms with Crippen LogP contribution in [0, 0.1) is 6.92 Å². The number of nitrogen functional groups attached to an aromatic ring is 1. The summed E-state index contributed by atoms with van der Waals surface area (Å²) in [6.45, 7) is 2.09. The Hall–Kier alpha value is -0.990. The molecule has 3 heteroatoms. The molecule has 0 atom stereocenters. The maximum atomic E-state index is 8.60. The third-order valence-corrected chi connectivity index (χ3v) is 2.28. The first kappa shape index (κ1) is 11.1. The number of halogens is 1. The van der Waals surface area contributed by atoms with Crippen molar-refractivity contribution >= 4 is 23.4 Å². The molecule has 1 aromatic rings. The monoisotopic (exact) mass is 211 g/mol. The fourth-order valence-corrected chi connectivity index (χ4v) is 1.45. The van der Waals surface area contributed by atoms with E-state index in [0.29, 0.717) is 17.1 Å². The lowest BCUT2D eigenvalue weighted by atomic mass is 10.1. The summed E-state index contributed by atoms with van der Waals surface area (Å²) in [5, 5.41) is 9.18. The van der Waals surface area contributed by atoms with Crippen LogP contribution in [0.15, 0.2) is 18.2 Å². The van der Waals surface area contributed by atoms with Crippen LogP contribution >= 0.6 is 11.6 Å². The van der Waals surface area contributed by atoms with Crippen molar-refractivity contribution in [1.82, 2.24) is 0 Å². The van der Waals surface area contributed by atoms with E-state index in [1.165, 1.54) is 0 Å². The van der Waals surface area contributed by atoms with Crippen molar-refractivity contribution in [3.63, 3.8) is 0 Å². The zero-order chi connectivity index (χ0) is 10.6. The molecule has 0 amide bonds. The zero-order valence-corrected chi connectivity index (χ0v) is 8.88. The molecule has 1 rings (SSSR count). The van der Waals surface area contributed by atoms with Gasteiger partial charge in [0.1, 0.15) is 0 Å². The van der Waals surface area contributed by atoms with Gasteiger partial charge in [0.05, 0.1) is 10.7 Å². The highest BCUT2D eigenvalue weighted by Crippen LogP contribution is 2.24. The predicted molar refractivity (Wildman–Crippen MR) is 61.3 cm³/mol. The van der Waals surface area contributed by atoms with Gasteiger partial charge in [-0.15, -0.1) is 0 Å². The quantitative estimate of drug-likeness (QED) is 0.756. The number of rotatable bonds is 3. The number of aryl methyl sites for hydroxylation is 1. The van der Waals surface area contributed by atoms with E-state index in [9.17, 15) is 0 Å². The second-order valence-corrected chi connectivity index (χ2v) is 3.56. The molecule has 0 radical (unpaired) electrons. The maximum Gasteiger partial charge on any atom is 0.0644 e. The second kappa shape index (κ2) is 5.03. The van der Waals surface area contributed by atoms with Gasteiger partial charge in [0, 0.05) is 6.61 Å². The molecule has 1 aromatic carbocycles. The molecule has 0 aliphatic heterocycles. The van der Waals surface area contributed by atoms with E-state index in [0.717, 1.165) is 11.1 Å². The third kappa shape index (κ3) is 2.76. The average Bonchev–Trinajstić information content (AvgIpc) is 2.14. The minimum absolute atomic E-state index is 0.165. The summed E-state index contributed by atoms with van der Waals surface area (Å²) in [4.78, 5) is 0. The van der Waals surface area contributed by atoms with Gasteiger partial charge in [0.15, 0.2) is 0 Å². The van der Waals surface area contributed by atoms with Gasteiger partial charge in [0.25, 0.3) is 0 Å². The van der Waals surface area contributed by atoms with Crippen LogP contribution in [0.5, 0.6) is 0 Å². The molecule has 2 nitrogen and oxygen atoms in total. The molecule has 0 bridgehead atoms. The number of aliphatic hydroxyl groups excluding tert-OH is 1. The Morgan fingerprint density at radius 2 is 2.21 bits per heavy atom. The van der Waals surface area contributed by atoms with Gasteiger partial charge in [-0.25, -0.2) is 0 Å². The highest BCUT2D eigenvalue weighted by molar-refractivity contribution is 6.33. The lowest BCUT2D eigenvalue weighted by Crippen LogP contribution is -1.91. The van der Waals surface area contributed by atoms with Crippen molar-refractivity contribution in [2.24, 2.45) is 0 Å². The lowest BCUT2D eigenvalue weighted by molar-refractivity contribution is 0.303. The Balaban J connectivity index is 2.89. The van der Waals surface area contributed by atoms with Crippen LogP contribution in [0.25, 0.3) is 6.08 Å². The summed E-state index contributed by atoms with van der Waals surface area (Å²) in [5.74, 6) is 0. The van der Waals surface area contributed by atoms with E-state index in [2.05, 4.69) is 0 Å². The van der Waals surface area contributed by atoms with Gasteiger partial charge >= 0.3 is 0 Å². The molecule has 0 unspecified atom stereocenters. The fraction of sp³-hybridized carbons (Fsp3) is 0.273. The van der Waals surface area contributed by atoms with Gasteiger partial charge in [0.2, 0.25) is 0 Å². The van der Waals surface area contributed by atoms with Crippen LogP contribution in [0.2, 0.25) is 5.02 Å². The topological polar surface area (TPSA) is 46.2 Å². The van der Waals surface area contributed by atoms with Crippen molar-refractivity contribution in [1.29, 1.82) is 0 Å². The van der Waals surface area contributed by atoms with E-state index in [-0.39, 0.29) is 6.61 Å². The summed E-state index contributed by atoms with van der Waals surface area (Å²) in [5.41, 5.74) is 8.32. The van der Waals surface area contributed by atoms with E-state index < -0.39 is 0 Å². The van der Waals surface area contributed by atoms with Crippen LogP contribution in [-0.2, 0) is 0 Å². The maximum absolute atomic E-state index is 8.60. The van der Waals surface area contributed by atoms with E-state index in [1.807, 2.05) is 31.2 Å². The molecule has 3 N–H and O–H groups in total. The SMILES string of the molecule is Cc1cc(C=CCCO)cc(Cl)c1N. The van der Waals surface area contributed by atoms with Crippen LogP contribution in [0.1, 0.15) is 17.5 Å². The third-order valence-electron chi connectivity index (χ3n) is 1.96. The predicted octanol–water partition coefficient (Wildman–Crippen LogP) is 2.63. The minimum Gasteiger partial charge on any atom is -0.397 e. The Kier molecular flexibility index (Phi) is 3.98. The smallest absolute Gasteiger partial charge is 0.0644 e. The van der Waals surface area contributed by atoms with Crippen molar-refractivity contribution in [2.45, 2.75) is 13.3 Å². The molecule has 0 spiro atoms. The average molecular weight is 212 g/mol. The van der Waals surface area contributed by atoms with Crippen LogP contribution < -0.4 is 5.73 Å². The van der Waals surface area contributed by atoms with Crippen molar-refractivity contribution in [3.05, 3.63) is 34.4 Å². The Morgan fingerprint density at radius 1 is 1.50 bits per heavy atom. The van der Waals surface area contributed by atoms with Gasteiger partial charge in [-0.05, 0) is 36.6 Å². The van der Waals surface area contributed by atoms with Crippen LogP contribution in [0.4, 0.5) is 5.69 Å².